The number of rotatable bonds is 4. The highest BCUT2D eigenvalue weighted by Gasteiger charge is 2.53. The van der Waals surface area contributed by atoms with Crippen LogP contribution in [0, 0.1) is 5.41 Å². The molecule has 0 radical (unpaired) electrons. The molecule has 3 aliphatic carbocycles. The van der Waals surface area contributed by atoms with Gasteiger partial charge in [-0.05, 0) is 76.8 Å². The van der Waals surface area contributed by atoms with E-state index in [-0.39, 0.29) is 11.4 Å². The molecule has 1 unspecified atom stereocenters. The number of anilines is 1. The van der Waals surface area contributed by atoms with Gasteiger partial charge in [0.15, 0.2) is 0 Å². The number of nitrogens with zero attached hydrogens (tertiary/aromatic N) is 2. The number of pyridine rings is 1. The molecule has 1 saturated heterocycles. The van der Waals surface area contributed by atoms with Gasteiger partial charge in [-0.1, -0.05) is 0 Å². The fourth-order valence-corrected chi connectivity index (χ4v) is 5.16. The van der Waals surface area contributed by atoms with Gasteiger partial charge in [-0.3, -0.25) is 9.59 Å². The first-order chi connectivity index (χ1) is 12.9. The van der Waals surface area contributed by atoms with Crippen molar-refractivity contribution in [3.63, 3.8) is 0 Å². The highest BCUT2D eigenvalue weighted by Crippen LogP contribution is 2.52. The molecule has 4 fully saturated rings. The van der Waals surface area contributed by atoms with Crippen LogP contribution in [0.1, 0.15) is 75.1 Å². The summed E-state index contributed by atoms with van der Waals surface area (Å²) in [5.74, 6) is 0.147. The number of carbonyl (C=O) groups excluding carboxylic acids is 1. The zero-order valence-corrected chi connectivity index (χ0v) is 16.0. The maximum absolute atomic E-state index is 13.0. The summed E-state index contributed by atoms with van der Waals surface area (Å²) in [6.07, 6.45) is 9.55. The van der Waals surface area contributed by atoms with E-state index in [1.54, 1.807) is 12.3 Å². The average Bonchev–Trinajstić information content (AvgIpc) is 2.69. The summed E-state index contributed by atoms with van der Waals surface area (Å²) in [6.45, 7) is 3.20. The predicted molar refractivity (Wildman–Crippen MR) is 103 cm³/mol. The monoisotopic (exact) mass is 371 g/mol. The molecule has 1 aliphatic heterocycles. The molecule has 6 nitrogen and oxygen atoms in total. The molecule has 1 amide bonds. The molecular weight excluding hydrogens is 342 g/mol. The molecule has 3 saturated carbocycles. The molecule has 2 N–H and O–H groups in total. The highest BCUT2D eigenvalue weighted by molar-refractivity contribution is 5.95. The van der Waals surface area contributed by atoms with E-state index < -0.39 is 11.4 Å². The summed E-state index contributed by atoms with van der Waals surface area (Å²) in [6, 6.07) is 4.13. The van der Waals surface area contributed by atoms with Gasteiger partial charge in [0.05, 0.1) is 5.41 Å². The van der Waals surface area contributed by atoms with Crippen LogP contribution in [0.15, 0.2) is 18.3 Å². The number of aromatic nitrogens is 1. The summed E-state index contributed by atoms with van der Waals surface area (Å²) in [5.41, 5.74) is -0.149. The quantitative estimate of drug-likeness (QED) is 0.848. The van der Waals surface area contributed by atoms with E-state index in [1.165, 1.54) is 6.42 Å². The van der Waals surface area contributed by atoms with Crippen LogP contribution < -0.4 is 10.2 Å². The lowest BCUT2D eigenvalue weighted by molar-refractivity contribution is -0.156. The molecule has 2 heterocycles. The lowest BCUT2D eigenvalue weighted by Gasteiger charge is -2.51. The van der Waals surface area contributed by atoms with E-state index in [0.29, 0.717) is 30.9 Å². The number of carboxylic acid groups (broad SMARTS) is 1. The van der Waals surface area contributed by atoms with E-state index in [1.807, 2.05) is 6.07 Å². The number of amides is 1. The van der Waals surface area contributed by atoms with Gasteiger partial charge in [0, 0.05) is 29.9 Å². The maximum atomic E-state index is 13.0. The Labute approximate surface area is 160 Å². The third-order valence-corrected chi connectivity index (χ3v) is 7.18. The van der Waals surface area contributed by atoms with Gasteiger partial charge in [-0.15, -0.1) is 0 Å². The fourth-order valence-electron chi connectivity index (χ4n) is 5.16. The standard InChI is InChI=1S/C21H29N3O3/c1-15-4-2-3-13-24(15)17-14-16(5-12-22-17)18(25)23-21-9-6-20(7-10-21,8-11-21)19(26)27/h5,12,14-15H,2-4,6-11,13H2,1H3,(H,23,25)(H,26,27). The van der Waals surface area contributed by atoms with Gasteiger partial charge in [0.25, 0.3) is 5.91 Å². The number of hydrogen-bond donors (Lipinski definition) is 2. The Morgan fingerprint density at radius 2 is 1.89 bits per heavy atom. The van der Waals surface area contributed by atoms with Gasteiger partial charge < -0.3 is 15.3 Å². The van der Waals surface area contributed by atoms with Crippen molar-refractivity contribution in [2.45, 2.75) is 76.3 Å². The fraction of sp³-hybridized carbons (Fsp3) is 0.667. The van der Waals surface area contributed by atoms with E-state index in [0.717, 1.165) is 44.5 Å². The number of aliphatic carboxylic acids is 1. The molecule has 146 valence electrons. The molecule has 5 rings (SSSR count). The second-order valence-corrected chi connectivity index (χ2v) is 8.76. The number of piperidine rings is 1. The number of fused-ring (bicyclic) bond motifs is 3. The number of carbonyl (C=O) groups is 2. The van der Waals surface area contributed by atoms with Crippen LogP contribution in [0.25, 0.3) is 0 Å². The van der Waals surface area contributed by atoms with Gasteiger partial charge in [-0.2, -0.15) is 0 Å². The van der Waals surface area contributed by atoms with E-state index in [2.05, 4.69) is 22.1 Å². The third-order valence-electron chi connectivity index (χ3n) is 7.18. The van der Waals surface area contributed by atoms with Gasteiger partial charge >= 0.3 is 5.97 Å². The van der Waals surface area contributed by atoms with Crippen molar-refractivity contribution in [1.29, 1.82) is 0 Å². The Hall–Kier alpha value is -2.11. The zero-order chi connectivity index (χ0) is 19.1. The molecule has 6 heteroatoms. The molecule has 1 atom stereocenters. The molecule has 4 aliphatic rings. The van der Waals surface area contributed by atoms with Crippen molar-refractivity contribution in [2.75, 3.05) is 11.4 Å². The maximum Gasteiger partial charge on any atom is 0.309 e. The van der Waals surface area contributed by atoms with E-state index >= 15 is 0 Å². The minimum absolute atomic E-state index is 0.0620. The molecule has 27 heavy (non-hydrogen) atoms. The molecule has 1 aromatic rings. The average molecular weight is 371 g/mol. The predicted octanol–water partition coefficient (Wildman–Crippen LogP) is 3.37. The summed E-state index contributed by atoms with van der Waals surface area (Å²) >= 11 is 0. The lowest BCUT2D eigenvalue weighted by Crippen LogP contribution is -2.58. The van der Waals surface area contributed by atoms with Gasteiger partial charge in [-0.25, -0.2) is 4.98 Å². The van der Waals surface area contributed by atoms with Crippen molar-refractivity contribution in [2.24, 2.45) is 5.41 Å². The van der Waals surface area contributed by atoms with Gasteiger partial charge in [0.2, 0.25) is 0 Å². The topological polar surface area (TPSA) is 82.5 Å². The summed E-state index contributed by atoms with van der Waals surface area (Å²) in [7, 11) is 0. The van der Waals surface area contributed by atoms with Crippen LogP contribution in [-0.4, -0.2) is 40.1 Å². The summed E-state index contributed by atoms with van der Waals surface area (Å²) in [5, 5.41) is 12.8. The third kappa shape index (κ3) is 3.30. The Balaban J connectivity index is 1.46. The largest absolute Gasteiger partial charge is 0.481 e. The van der Waals surface area contributed by atoms with Crippen LogP contribution in [-0.2, 0) is 4.79 Å². The Morgan fingerprint density at radius 3 is 2.52 bits per heavy atom. The normalized spacial score (nSPS) is 32.9. The van der Waals surface area contributed by atoms with Crippen molar-refractivity contribution in [1.82, 2.24) is 10.3 Å². The number of carboxylic acids is 1. The molecule has 1 aromatic heterocycles. The first-order valence-electron chi connectivity index (χ1n) is 10.2. The van der Waals surface area contributed by atoms with E-state index in [4.69, 9.17) is 0 Å². The van der Waals surface area contributed by atoms with Crippen LogP contribution in [0.2, 0.25) is 0 Å². The minimum Gasteiger partial charge on any atom is -0.481 e. The first kappa shape index (κ1) is 18.3. The van der Waals surface area contributed by atoms with Crippen LogP contribution in [0.5, 0.6) is 0 Å². The number of nitrogens with one attached hydrogen (secondary N) is 1. The summed E-state index contributed by atoms with van der Waals surface area (Å²) in [4.78, 5) is 31.3. The lowest BCUT2D eigenvalue weighted by atomic mass is 9.57. The van der Waals surface area contributed by atoms with Crippen molar-refractivity contribution < 1.29 is 14.7 Å². The molecule has 0 spiro atoms. The van der Waals surface area contributed by atoms with Crippen molar-refractivity contribution in [3.05, 3.63) is 23.9 Å². The first-order valence-corrected chi connectivity index (χ1v) is 10.2. The van der Waals surface area contributed by atoms with Crippen LogP contribution >= 0.6 is 0 Å². The SMILES string of the molecule is CC1CCCCN1c1cc(C(=O)NC23CCC(C(=O)O)(CC2)CC3)ccn1. The highest BCUT2D eigenvalue weighted by atomic mass is 16.4. The van der Waals surface area contributed by atoms with E-state index in [9.17, 15) is 14.7 Å². The Morgan fingerprint density at radius 1 is 1.19 bits per heavy atom. The van der Waals surface area contributed by atoms with Crippen LogP contribution in [0.3, 0.4) is 0 Å². The van der Waals surface area contributed by atoms with Gasteiger partial charge in [0.1, 0.15) is 5.82 Å². The van der Waals surface area contributed by atoms with Crippen molar-refractivity contribution >= 4 is 17.7 Å². The van der Waals surface area contributed by atoms with Crippen LogP contribution in [0.4, 0.5) is 5.82 Å². The number of hydrogen-bond acceptors (Lipinski definition) is 4. The summed E-state index contributed by atoms with van der Waals surface area (Å²) < 4.78 is 0. The molecule has 2 bridgehead atoms. The second kappa shape index (κ2) is 6.80. The second-order valence-electron chi connectivity index (χ2n) is 8.76. The Bertz CT molecular complexity index is 723. The minimum atomic E-state index is -0.670. The Kier molecular flexibility index (Phi) is 4.60. The molecule has 0 aromatic carbocycles. The van der Waals surface area contributed by atoms with Crippen molar-refractivity contribution in [3.8, 4) is 0 Å². The zero-order valence-electron chi connectivity index (χ0n) is 16.0. The smallest absolute Gasteiger partial charge is 0.309 e. The molecular formula is C21H29N3O3.